The number of carbonyl (C=O) groups is 1. The minimum absolute atomic E-state index is 0.0339. The molecule has 0 aliphatic heterocycles. The van der Waals surface area contributed by atoms with Crippen LogP contribution in [0.4, 0.5) is 11.4 Å². The minimum Gasteiger partial charge on any atom is -0.311 e. The molecule has 0 spiro atoms. The Kier molecular flexibility index (Phi) is 4.42. The van der Waals surface area contributed by atoms with Crippen LogP contribution < -0.4 is 4.90 Å². The van der Waals surface area contributed by atoms with Crippen molar-refractivity contribution < 1.29 is 9.72 Å². The van der Waals surface area contributed by atoms with Crippen LogP contribution >= 0.6 is 11.6 Å². The first kappa shape index (κ1) is 15.9. The summed E-state index contributed by atoms with van der Waals surface area (Å²) in [5, 5.41) is 11.1. The van der Waals surface area contributed by atoms with Crippen LogP contribution in [0.3, 0.4) is 0 Å². The molecule has 0 unspecified atom stereocenters. The van der Waals surface area contributed by atoms with Crippen molar-refractivity contribution in [2.24, 2.45) is 0 Å². The van der Waals surface area contributed by atoms with E-state index in [9.17, 15) is 14.9 Å². The van der Waals surface area contributed by atoms with Crippen LogP contribution in [-0.4, -0.2) is 22.9 Å². The molecular formula is C15H14ClN3O3. The Labute approximate surface area is 132 Å². The standard InChI is InChI=1S/C15H14ClN3O3/c1-9-12(14(16)17-10(2)13(9)19(21)22)15(20)18(3)11-7-5-4-6-8-11/h4-8H,1-3H3. The van der Waals surface area contributed by atoms with Gasteiger partial charge in [-0.1, -0.05) is 29.8 Å². The van der Waals surface area contributed by atoms with Crippen LogP contribution in [0, 0.1) is 24.0 Å². The van der Waals surface area contributed by atoms with E-state index in [0.717, 1.165) is 0 Å². The fraction of sp³-hybridized carbons (Fsp3) is 0.200. The van der Waals surface area contributed by atoms with Crippen LogP contribution in [0.15, 0.2) is 30.3 Å². The fourth-order valence-corrected chi connectivity index (χ4v) is 2.60. The maximum atomic E-state index is 12.7. The molecule has 1 heterocycles. The van der Waals surface area contributed by atoms with E-state index < -0.39 is 10.8 Å². The average molecular weight is 320 g/mol. The van der Waals surface area contributed by atoms with E-state index >= 15 is 0 Å². The molecular weight excluding hydrogens is 306 g/mol. The van der Waals surface area contributed by atoms with Crippen molar-refractivity contribution in [3.8, 4) is 0 Å². The third-order valence-corrected chi connectivity index (χ3v) is 3.66. The van der Waals surface area contributed by atoms with Gasteiger partial charge in [-0.3, -0.25) is 14.9 Å². The van der Waals surface area contributed by atoms with Gasteiger partial charge in [0.15, 0.2) is 0 Å². The van der Waals surface area contributed by atoms with Crippen molar-refractivity contribution >= 4 is 28.9 Å². The quantitative estimate of drug-likeness (QED) is 0.492. The lowest BCUT2D eigenvalue weighted by atomic mass is 10.1. The zero-order chi connectivity index (χ0) is 16.4. The number of anilines is 1. The highest BCUT2D eigenvalue weighted by atomic mass is 35.5. The Morgan fingerprint density at radius 2 is 1.86 bits per heavy atom. The molecule has 1 amide bonds. The number of pyridine rings is 1. The van der Waals surface area contributed by atoms with Crippen LogP contribution in [0.2, 0.25) is 5.15 Å². The Morgan fingerprint density at radius 3 is 2.41 bits per heavy atom. The summed E-state index contributed by atoms with van der Waals surface area (Å²) < 4.78 is 0. The highest BCUT2D eigenvalue weighted by Gasteiger charge is 2.28. The van der Waals surface area contributed by atoms with Crippen LogP contribution in [-0.2, 0) is 0 Å². The molecule has 2 aromatic rings. The topological polar surface area (TPSA) is 76.3 Å². The van der Waals surface area contributed by atoms with E-state index in [-0.39, 0.29) is 27.7 Å². The first-order valence-corrected chi connectivity index (χ1v) is 6.86. The highest BCUT2D eigenvalue weighted by Crippen LogP contribution is 2.30. The van der Waals surface area contributed by atoms with Gasteiger partial charge in [-0.15, -0.1) is 0 Å². The summed E-state index contributed by atoms with van der Waals surface area (Å²) in [5.74, 6) is -0.440. The third-order valence-electron chi connectivity index (χ3n) is 3.39. The van der Waals surface area contributed by atoms with E-state index in [1.807, 2.05) is 6.07 Å². The van der Waals surface area contributed by atoms with Gasteiger partial charge in [-0.2, -0.15) is 0 Å². The summed E-state index contributed by atoms with van der Waals surface area (Å²) in [7, 11) is 1.58. The first-order chi connectivity index (χ1) is 10.3. The normalized spacial score (nSPS) is 10.4. The number of carbonyl (C=O) groups excluding carboxylic acids is 1. The number of amides is 1. The van der Waals surface area contributed by atoms with E-state index in [1.165, 1.54) is 18.7 Å². The van der Waals surface area contributed by atoms with Crippen molar-refractivity contribution in [1.29, 1.82) is 0 Å². The Balaban J connectivity index is 2.55. The van der Waals surface area contributed by atoms with Crippen LogP contribution in [0.1, 0.15) is 21.6 Å². The van der Waals surface area contributed by atoms with Crippen molar-refractivity contribution in [1.82, 2.24) is 4.98 Å². The SMILES string of the molecule is Cc1nc(Cl)c(C(=O)N(C)c2ccccc2)c(C)c1[N+](=O)[O-]. The number of nitrogens with zero attached hydrogens (tertiary/aromatic N) is 3. The Morgan fingerprint density at radius 1 is 1.27 bits per heavy atom. The molecule has 6 nitrogen and oxygen atoms in total. The van der Waals surface area contributed by atoms with E-state index in [1.54, 1.807) is 31.3 Å². The predicted octanol–water partition coefficient (Wildman–Crippen LogP) is 3.54. The summed E-state index contributed by atoms with van der Waals surface area (Å²) in [4.78, 5) is 28.6. The number of halogens is 1. The lowest BCUT2D eigenvalue weighted by Crippen LogP contribution is -2.28. The molecule has 114 valence electrons. The van der Waals surface area contributed by atoms with Gasteiger partial charge in [-0.25, -0.2) is 4.98 Å². The van der Waals surface area contributed by atoms with Gasteiger partial charge in [0.2, 0.25) is 0 Å². The van der Waals surface area contributed by atoms with Gasteiger partial charge >= 0.3 is 0 Å². The summed E-state index contributed by atoms with van der Waals surface area (Å²) >= 11 is 6.06. The minimum atomic E-state index is -0.548. The largest absolute Gasteiger partial charge is 0.311 e. The number of hydrogen-bond acceptors (Lipinski definition) is 4. The number of hydrogen-bond donors (Lipinski definition) is 0. The molecule has 0 aliphatic carbocycles. The number of para-hydroxylation sites is 1. The number of aromatic nitrogens is 1. The molecule has 1 aromatic carbocycles. The monoisotopic (exact) mass is 319 g/mol. The molecule has 0 radical (unpaired) electrons. The maximum Gasteiger partial charge on any atom is 0.294 e. The second kappa shape index (κ2) is 6.11. The fourth-order valence-electron chi connectivity index (χ4n) is 2.25. The maximum absolute atomic E-state index is 12.7. The smallest absolute Gasteiger partial charge is 0.294 e. The molecule has 7 heteroatoms. The molecule has 0 saturated heterocycles. The Bertz CT molecular complexity index is 747. The van der Waals surface area contributed by atoms with Crippen LogP contribution in [0.25, 0.3) is 0 Å². The zero-order valence-corrected chi connectivity index (χ0v) is 13.1. The van der Waals surface area contributed by atoms with Crippen molar-refractivity contribution in [2.75, 3.05) is 11.9 Å². The van der Waals surface area contributed by atoms with Gasteiger partial charge in [0.05, 0.1) is 10.5 Å². The van der Waals surface area contributed by atoms with E-state index in [4.69, 9.17) is 11.6 Å². The molecule has 0 bridgehead atoms. The number of nitro groups is 1. The third kappa shape index (κ3) is 2.78. The molecule has 2 rings (SSSR count). The highest BCUT2D eigenvalue weighted by molar-refractivity contribution is 6.33. The average Bonchev–Trinajstić information content (AvgIpc) is 2.46. The second-order valence-corrected chi connectivity index (χ2v) is 5.15. The molecule has 0 saturated carbocycles. The Hall–Kier alpha value is -2.47. The van der Waals surface area contributed by atoms with Crippen molar-refractivity contribution in [3.63, 3.8) is 0 Å². The van der Waals surface area contributed by atoms with Crippen LogP contribution in [0.5, 0.6) is 0 Å². The molecule has 1 aromatic heterocycles. The lowest BCUT2D eigenvalue weighted by Gasteiger charge is -2.19. The lowest BCUT2D eigenvalue weighted by molar-refractivity contribution is -0.386. The second-order valence-electron chi connectivity index (χ2n) is 4.79. The van der Waals surface area contributed by atoms with E-state index in [0.29, 0.717) is 5.69 Å². The molecule has 0 fully saturated rings. The van der Waals surface area contributed by atoms with Gasteiger partial charge in [0.25, 0.3) is 11.6 Å². The molecule has 0 N–H and O–H groups in total. The van der Waals surface area contributed by atoms with Gasteiger partial charge in [0.1, 0.15) is 10.8 Å². The zero-order valence-electron chi connectivity index (χ0n) is 12.3. The van der Waals surface area contributed by atoms with E-state index in [2.05, 4.69) is 4.98 Å². The first-order valence-electron chi connectivity index (χ1n) is 6.48. The molecule has 22 heavy (non-hydrogen) atoms. The summed E-state index contributed by atoms with van der Waals surface area (Å²) in [6.07, 6.45) is 0. The number of rotatable bonds is 3. The summed E-state index contributed by atoms with van der Waals surface area (Å²) in [6, 6.07) is 8.94. The van der Waals surface area contributed by atoms with Gasteiger partial charge in [-0.05, 0) is 26.0 Å². The molecule has 0 aliphatic rings. The van der Waals surface area contributed by atoms with Crippen molar-refractivity contribution in [2.45, 2.75) is 13.8 Å². The molecule has 0 atom stereocenters. The van der Waals surface area contributed by atoms with Crippen molar-refractivity contribution in [3.05, 3.63) is 62.4 Å². The van der Waals surface area contributed by atoms with Gasteiger partial charge in [0, 0.05) is 18.3 Å². The summed E-state index contributed by atoms with van der Waals surface area (Å²) in [5.41, 5.74) is 0.924. The number of benzene rings is 1. The number of aryl methyl sites for hydroxylation is 1. The predicted molar refractivity (Wildman–Crippen MR) is 84.6 cm³/mol. The summed E-state index contributed by atoms with van der Waals surface area (Å²) in [6.45, 7) is 3.00. The van der Waals surface area contributed by atoms with Gasteiger partial charge < -0.3 is 4.90 Å².